The molecule has 0 unspecified atom stereocenters. The first kappa shape index (κ1) is 23.7. The molecular formula is C29H30N2O2. The average molecular weight is 439 g/mol. The van der Waals surface area contributed by atoms with Gasteiger partial charge in [0.2, 0.25) is 0 Å². The zero-order valence-corrected chi connectivity index (χ0v) is 19.8. The topological polar surface area (TPSA) is 65.2 Å². The SMILES string of the molecule is C=Cc1c(O)c(C(C)=Nc2ccc(C)cc2)c(C(C)=Nc2ccc(C)cc2)c(O)c1/C=C\C. The number of nitrogens with zero attached hydrogens (tertiary/aromatic N) is 2. The van der Waals surface area contributed by atoms with Crippen molar-refractivity contribution in [3.63, 3.8) is 0 Å². The number of rotatable bonds is 6. The van der Waals surface area contributed by atoms with E-state index < -0.39 is 0 Å². The van der Waals surface area contributed by atoms with Gasteiger partial charge in [-0.2, -0.15) is 0 Å². The molecule has 168 valence electrons. The van der Waals surface area contributed by atoms with Crippen molar-refractivity contribution in [3.8, 4) is 11.5 Å². The molecular weight excluding hydrogens is 408 g/mol. The van der Waals surface area contributed by atoms with Crippen LogP contribution in [-0.4, -0.2) is 21.6 Å². The zero-order valence-electron chi connectivity index (χ0n) is 19.8. The van der Waals surface area contributed by atoms with Crippen LogP contribution in [-0.2, 0) is 0 Å². The van der Waals surface area contributed by atoms with E-state index in [1.807, 2.05) is 89.2 Å². The van der Waals surface area contributed by atoms with Crippen LogP contribution in [0.25, 0.3) is 12.2 Å². The van der Waals surface area contributed by atoms with E-state index in [2.05, 4.69) is 6.58 Å². The van der Waals surface area contributed by atoms with E-state index >= 15 is 0 Å². The number of benzene rings is 3. The summed E-state index contributed by atoms with van der Waals surface area (Å²) in [6, 6.07) is 15.6. The summed E-state index contributed by atoms with van der Waals surface area (Å²) in [5.74, 6) is 0.0420. The standard InChI is InChI=1S/C29H30N2O2/c1-7-9-25-24(8-2)28(32)26(20(5)30-22-14-10-18(3)11-15-22)27(29(25)33)21(6)31-23-16-12-19(4)13-17-23/h7-17,32-33H,2H2,1,3-6H3/b9-7-,30-20?,31-21?. The fourth-order valence-electron chi connectivity index (χ4n) is 3.75. The molecule has 0 aromatic heterocycles. The van der Waals surface area contributed by atoms with E-state index in [4.69, 9.17) is 9.98 Å². The molecule has 0 amide bonds. The van der Waals surface area contributed by atoms with Crippen molar-refractivity contribution in [1.82, 2.24) is 0 Å². The second-order valence-electron chi connectivity index (χ2n) is 8.04. The Bertz CT molecular complexity index is 1260. The van der Waals surface area contributed by atoms with E-state index in [-0.39, 0.29) is 11.5 Å². The first-order valence-electron chi connectivity index (χ1n) is 10.9. The van der Waals surface area contributed by atoms with Gasteiger partial charge in [-0.25, -0.2) is 0 Å². The van der Waals surface area contributed by atoms with Crippen LogP contribution in [0.4, 0.5) is 11.4 Å². The lowest BCUT2D eigenvalue weighted by Gasteiger charge is -2.19. The summed E-state index contributed by atoms with van der Waals surface area (Å²) in [7, 11) is 0. The van der Waals surface area contributed by atoms with E-state index in [9.17, 15) is 10.2 Å². The van der Waals surface area contributed by atoms with Crippen LogP contribution in [0.5, 0.6) is 11.5 Å². The number of hydrogen-bond donors (Lipinski definition) is 2. The van der Waals surface area contributed by atoms with Gasteiger partial charge in [0, 0.05) is 22.6 Å². The molecule has 3 aromatic rings. The summed E-state index contributed by atoms with van der Waals surface area (Å²) >= 11 is 0. The number of aryl methyl sites for hydroxylation is 2. The van der Waals surface area contributed by atoms with Crippen molar-refractivity contribution in [3.05, 3.63) is 94.6 Å². The maximum atomic E-state index is 11.3. The molecule has 0 bridgehead atoms. The van der Waals surface area contributed by atoms with Gasteiger partial charge in [0.05, 0.1) is 22.5 Å². The molecule has 0 aliphatic carbocycles. The largest absolute Gasteiger partial charge is 0.507 e. The fraction of sp³-hybridized carbons (Fsp3) is 0.172. The zero-order chi connectivity index (χ0) is 24.1. The Morgan fingerprint density at radius 1 is 0.727 bits per heavy atom. The van der Waals surface area contributed by atoms with Crippen LogP contribution in [0.1, 0.15) is 54.2 Å². The second kappa shape index (κ2) is 10.1. The third-order valence-corrected chi connectivity index (χ3v) is 5.45. The summed E-state index contributed by atoms with van der Waals surface area (Å²) in [6.07, 6.45) is 5.11. The lowest BCUT2D eigenvalue weighted by Crippen LogP contribution is -2.09. The Morgan fingerprint density at radius 3 is 1.48 bits per heavy atom. The minimum Gasteiger partial charge on any atom is -0.507 e. The normalized spacial score (nSPS) is 12.4. The maximum Gasteiger partial charge on any atom is 0.133 e. The molecule has 0 fully saturated rings. The maximum absolute atomic E-state index is 11.3. The van der Waals surface area contributed by atoms with Gasteiger partial charge in [-0.15, -0.1) is 0 Å². The monoisotopic (exact) mass is 438 g/mol. The van der Waals surface area contributed by atoms with Gasteiger partial charge in [0.15, 0.2) is 0 Å². The number of aromatic hydroxyl groups is 2. The van der Waals surface area contributed by atoms with E-state index in [0.29, 0.717) is 33.7 Å². The highest BCUT2D eigenvalue weighted by molar-refractivity contribution is 6.16. The van der Waals surface area contributed by atoms with Gasteiger partial charge < -0.3 is 10.2 Å². The highest BCUT2D eigenvalue weighted by Crippen LogP contribution is 2.41. The van der Waals surface area contributed by atoms with E-state index in [0.717, 1.165) is 22.5 Å². The first-order valence-corrected chi connectivity index (χ1v) is 10.9. The van der Waals surface area contributed by atoms with Gasteiger partial charge in [0.1, 0.15) is 11.5 Å². The van der Waals surface area contributed by atoms with Gasteiger partial charge >= 0.3 is 0 Å². The quantitative estimate of drug-likeness (QED) is 0.306. The molecule has 4 heteroatoms. The molecule has 4 nitrogen and oxygen atoms in total. The van der Waals surface area contributed by atoms with Crippen molar-refractivity contribution in [1.29, 1.82) is 0 Å². The Hall–Kier alpha value is -3.92. The van der Waals surface area contributed by atoms with Crippen LogP contribution in [0, 0.1) is 13.8 Å². The lowest BCUT2D eigenvalue weighted by molar-refractivity contribution is 0.456. The smallest absolute Gasteiger partial charge is 0.133 e. The number of phenols is 2. The lowest BCUT2D eigenvalue weighted by atomic mass is 9.90. The van der Waals surface area contributed by atoms with Gasteiger partial charge in [-0.3, -0.25) is 9.98 Å². The van der Waals surface area contributed by atoms with Gasteiger partial charge in [-0.05, 0) is 58.9 Å². The number of phenolic OH excluding ortho intramolecular Hbond substituents is 2. The minimum atomic E-state index is 0.0118. The van der Waals surface area contributed by atoms with Crippen LogP contribution in [0.3, 0.4) is 0 Å². The molecule has 33 heavy (non-hydrogen) atoms. The first-order chi connectivity index (χ1) is 15.8. The molecule has 0 saturated carbocycles. The molecule has 0 saturated heterocycles. The molecule has 0 spiro atoms. The summed E-state index contributed by atoms with van der Waals surface area (Å²) in [5.41, 5.74) is 6.75. The fourth-order valence-corrected chi connectivity index (χ4v) is 3.75. The molecule has 0 radical (unpaired) electrons. The Kier molecular flexibility index (Phi) is 7.29. The second-order valence-corrected chi connectivity index (χ2v) is 8.04. The number of allylic oxidation sites excluding steroid dienone is 1. The highest BCUT2D eigenvalue weighted by Gasteiger charge is 2.24. The summed E-state index contributed by atoms with van der Waals surface area (Å²) in [4.78, 5) is 9.45. The molecule has 0 atom stereocenters. The average Bonchev–Trinajstić information content (AvgIpc) is 2.79. The van der Waals surface area contributed by atoms with Crippen LogP contribution >= 0.6 is 0 Å². The molecule has 2 N–H and O–H groups in total. The number of hydrogen-bond acceptors (Lipinski definition) is 4. The Morgan fingerprint density at radius 2 is 1.12 bits per heavy atom. The summed E-state index contributed by atoms with van der Waals surface area (Å²) in [5, 5.41) is 22.6. The van der Waals surface area contributed by atoms with Crippen LogP contribution in [0.15, 0.2) is 71.2 Å². The molecule has 0 aliphatic heterocycles. The highest BCUT2D eigenvalue weighted by atomic mass is 16.3. The molecule has 3 rings (SSSR count). The molecule has 3 aromatic carbocycles. The molecule has 0 heterocycles. The molecule has 0 aliphatic rings. The van der Waals surface area contributed by atoms with Crippen molar-refractivity contribution in [2.75, 3.05) is 0 Å². The predicted molar refractivity (Wildman–Crippen MR) is 141 cm³/mol. The minimum absolute atomic E-state index is 0.0118. The van der Waals surface area contributed by atoms with Crippen molar-refractivity contribution in [2.45, 2.75) is 34.6 Å². The Balaban J connectivity index is 2.32. The van der Waals surface area contributed by atoms with Gasteiger partial charge in [-0.1, -0.05) is 60.2 Å². The van der Waals surface area contributed by atoms with E-state index in [1.54, 1.807) is 12.2 Å². The van der Waals surface area contributed by atoms with Crippen LogP contribution < -0.4 is 0 Å². The van der Waals surface area contributed by atoms with Crippen molar-refractivity contribution < 1.29 is 10.2 Å². The van der Waals surface area contributed by atoms with E-state index in [1.165, 1.54) is 0 Å². The summed E-state index contributed by atoms with van der Waals surface area (Å²) in [6.45, 7) is 13.4. The number of aliphatic imine (C=N–C) groups is 2. The third kappa shape index (κ3) is 5.12. The van der Waals surface area contributed by atoms with Crippen LogP contribution in [0.2, 0.25) is 0 Å². The Labute approximate surface area is 196 Å². The summed E-state index contributed by atoms with van der Waals surface area (Å²) < 4.78 is 0. The predicted octanol–water partition coefficient (Wildman–Crippen LogP) is 7.67. The van der Waals surface area contributed by atoms with Gasteiger partial charge in [0.25, 0.3) is 0 Å². The third-order valence-electron chi connectivity index (χ3n) is 5.45. The van der Waals surface area contributed by atoms with Crippen molar-refractivity contribution in [2.24, 2.45) is 9.98 Å². The van der Waals surface area contributed by atoms with Crippen molar-refractivity contribution >= 4 is 35.0 Å².